The maximum atomic E-state index is 2.85. The molecule has 0 aromatic heterocycles. The van der Waals surface area contributed by atoms with Gasteiger partial charge in [-0.2, -0.15) is 0 Å². The van der Waals surface area contributed by atoms with Crippen molar-refractivity contribution in [2.75, 3.05) is 20.6 Å². The van der Waals surface area contributed by atoms with E-state index >= 15 is 0 Å². The average Bonchev–Trinajstić information content (AvgIpc) is 2.73. The van der Waals surface area contributed by atoms with E-state index in [0.29, 0.717) is 16.9 Å². The van der Waals surface area contributed by atoms with Crippen LogP contribution in [0.25, 0.3) is 0 Å². The van der Waals surface area contributed by atoms with Gasteiger partial charge in [0.1, 0.15) is 0 Å². The summed E-state index contributed by atoms with van der Waals surface area (Å²) in [5.74, 6) is 0.798. The van der Waals surface area contributed by atoms with Crippen LogP contribution >= 0.6 is 0 Å². The third-order valence-electron chi connectivity index (χ3n) is 5.32. The fraction of sp³-hybridized carbons (Fsp3) is 1.00. The van der Waals surface area contributed by atoms with Crippen LogP contribution in [0.3, 0.4) is 0 Å². The Morgan fingerprint density at radius 2 is 1.63 bits per heavy atom. The fourth-order valence-corrected chi connectivity index (χ4v) is 4.53. The summed E-state index contributed by atoms with van der Waals surface area (Å²) in [5.41, 5.74) is 1.18. The average molecular weight is 266 g/mol. The highest BCUT2D eigenvalue weighted by Crippen LogP contribution is 2.66. The second-order valence-corrected chi connectivity index (χ2v) is 9.48. The van der Waals surface area contributed by atoms with Gasteiger partial charge in [0.15, 0.2) is 0 Å². The van der Waals surface area contributed by atoms with E-state index in [-0.39, 0.29) is 5.54 Å². The topological polar surface area (TPSA) is 6.48 Å². The van der Waals surface area contributed by atoms with Gasteiger partial charge < -0.3 is 4.90 Å². The Morgan fingerprint density at radius 3 is 2.00 bits per heavy atom. The molecule has 2 nitrogen and oxygen atoms in total. The third-order valence-corrected chi connectivity index (χ3v) is 5.32. The quantitative estimate of drug-likeness (QED) is 0.755. The van der Waals surface area contributed by atoms with Crippen molar-refractivity contribution in [3.63, 3.8) is 0 Å². The zero-order valence-corrected chi connectivity index (χ0v) is 14.5. The van der Waals surface area contributed by atoms with Crippen LogP contribution in [-0.2, 0) is 0 Å². The monoisotopic (exact) mass is 266 g/mol. The summed E-state index contributed by atoms with van der Waals surface area (Å²) >= 11 is 0. The highest BCUT2D eigenvalue weighted by atomic mass is 15.3. The zero-order chi connectivity index (χ0) is 14.8. The van der Waals surface area contributed by atoms with Crippen molar-refractivity contribution in [1.82, 2.24) is 9.80 Å². The molecule has 4 atom stereocenters. The lowest BCUT2D eigenvalue weighted by Gasteiger charge is -2.48. The Balaban J connectivity index is 2.37. The normalized spacial score (nSPS) is 39.8. The minimum absolute atomic E-state index is 0.279. The van der Waals surface area contributed by atoms with Gasteiger partial charge in [-0.15, -0.1) is 0 Å². The lowest BCUT2D eigenvalue weighted by molar-refractivity contribution is 0.00709. The van der Waals surface area contributed by atoms with Crippen LogP contribution in [0.5, 0.6) is 0 Å². The molecule has 1 aliphatic carbocycles. The van der Waals surface area contributed by atoms with Gasteiger partial charge in [-0.25, -0.2) is 0 Å². The molecular formula is C17H34N2. The first-order valence-corrected chi connectivity index (χ1v) is 7.82. The number of fused-ring (bicyclic) bond motifs is 1. The molecule has 2 rings (SSSR count). The molecule has 112 valence electrons. The number of hydrogen-bond donors (Lipinski definition) is 0. The summed E-state index contributed by atoms with van der Waals surface area (Å²) in [7, 11) is 4.44. The molecule has 0 bridgehead atoms. The second kappa shape index (κ2) is 4.21. The smallest absolute Gasteiger partial charge is 0.0198 e. The van der Waals surface area contributed by atoms with E-state index in [1.165, 1.54) is 13.0 Å². The van der Waals surface area contributed by atoms with Crippen LogP contribution in [0.4, 0.5) is 0 Å². The number of piperidine rings is 1. The van der Waals surface area contributed by atoms with E-state index in [1.54, 1.807) is 0 Å². The highest BCUT2D eigenvalue weighted by Gasteiger charge is 2.70. The second-order valence-electron chi connectivity index (χ2n) is 9.48. The number of likely N-dealkylation sites (tertiary alicyclic amines) is 1. The molecule has 3 unspecified atom stereocenters. The lowest BCUT2D eigenvalue weighted by atomic mass is 9.73. The summed E-state index contributed by atoms with van der Waals surface area (Å²) in [4.78, 5) is 5.23. The molecule has 0 N–H and O–H groups in total. The van der Waals surface area contributed by atoms with Crippen LogP contribution in [0.1, 0.15) is 54.9 Å². The summed E-state index contributed by atoms with van der Waals surface area (Å²) in [5, 5.41) is 0. The molecule has 1 heterocycles. The van der Waals surface area contributed by atoms with E-state index in [0.717, 1.165) is 12.0 Å². The molecule has 2 aliphatic rings. The third kappa shape index (κ3) is 2.47. The van der Waals surface area contributed by atoms with Gasteiger partial charge in [0.05, 0.1) is 0 Å². The largest absolute Gasteiger partial charge is 0.309 e. The SMILES string of the molecule is CN(C)CC1[C@@H](C(C)(C)C)N(C(C)(C)C)C2CC12C. The van der Waals surface area contributed by atoms with Crippen molar-refractivity contribution in [3.8, 4) is 0 Å². The Bertz CT molecular complexity index is 347. The minimum atomic E-state index is 0.279. The van der Waals surface area contributed by atoms with Crippen LogP contribution in [0, 0.1) is 16.7 Å². The summed E-state index contributed by atoms with van der Waals surface area (Å²) in [6.45, 7) is 18.2. The van der Waals surface area contributed by atoms with Gasteiger partial charge in [-0.05, 0) is 58.0 Å². The van der Waals surface area contributed by atoms with Crippen molar-refractivity contribution >= 4 is 0 Å². The molecule has 19 heavy (non-hydrogen) atoms. The predicted molar refractivity (Wildman–Crippen MR) is 83.4 cm³/mol. The van der Waals surface area contributed by atoms with Gasteiger partial charge in [0.2, 0.25) is 0 Å². The van der Waals surface area contributed by atoms with Crippen molar-refractivity contribution in [3.05, 3.63) is 0 Å². The van der Waals surface area contributed by atoms with Crippen molar-refractivity contribution in [2.45, 2.75) is 72.5 Å². The zero-order valence-electron chi connectivity index (χ0n) is 14.5. The maximum absolute atomic E-state index is 2.85. The minimum Gasteiger partial charge on any atom is -0.309 e. The van der Waals surface area contributed by atoms with Crippen LogP contribution < -0.4 is 0 Å². The van der Waals surface area contributed by atoms with E-state index in [9.17, 15) is 0 Å². The van der Waals surface area contributed by atoms with Crippen LogP contribution in [0.2, 0.25) is 0 Å². The van der Waals surface area contributed by atoms with Gasteiger partial charge in [-0.3, -0.25) is 4.90 Å². The first-order chi connectivity index (χ1) is 8.39. The van der Waals surface area contributed by atoms with Crippen molar-refractivity contribution in [1.29, 1.82) is 0 Å². The molecule has 0 amide bonds. The Kier molecular flexibility index (Phi) is 3.39. The standard InChI is InChI=1S/C17H34N2/c1-15(2,3)14-12(11-18(8)9)17(7)10-13(17)19(14)16(4,5)6/h12-14H,10-11H2,1-9H3/t12?,13?,14-,17?/m0/s1. The lowest BCUT2D eigenvalue weighted by Crippen LogP contribution is -2.55. The van der Waals surface area contributed by atoms with Gasteiger partial charge in [-0.1, -0.05) is 27.7 Å². The summed E-state index contributed by atoms with van der Waals surface area (Å²) in [6, 6.07) is 1.50. The summed E-state index contributed by atoms with van der Waals surface area (Å²) < 4.78 is 0. The fourth-order valence-electron chi connectivity index (χ4n) is 4.53. The first kappa shape index (κ1) is 15.3. The van der Waals surface area contributed by atoms with Gasteiger partial charge in [0, 0.05) is 24.2 Å². The highest BCUT2D eigenvalue weighted by molar-refractivity contribution is 5.23. The first-order valence-electron chi connectivity index (χ1n) is 7.82. The molecule has 1 aliphatic heterocycles. The number of rotatable bonds is 2. The molecule has 1 saturated heterocycles. The van der Waals surface area contributed by atoms with E-state index in [2.05, 4.69) is 72.4 Å². The Labute approximate surface area is 120 Å². The molecule has 0 spiro atoms. The Morgan fingerprint density at radius 1 is 1.11 bits per heavy atom. The van der Waals surface area contributed by atoms with Crippen LogP contribution in [-0.4, -0.2) is 48.1 Å². The predicted octanol–water partition coefficient (Wildman–Crippen LogP) is 3.47. The van der Waals surface area contributed by atoms with E-state index < -0.39 is 0 Å². The molecular weight excluding hydrogens is 232 g/mol. The van der Waals surface area contributed by atoms with E-state index in [4.69, 9.17) is 0 Å². The molecule has 2 fully saturated rings. The van der Waals surface area contributed by atoms with Crippen molar-refractivity contribution in [2.24, 2.45) is 16.7 Å². The van der Waals surface area contributed by atoms with Gasteiger partial charge in [0.25, 0.3) is 0 Å². The molecule has 1 saturated carbocycles. The maximum Gasteiger partial charge on any atom is 0.0198 e. The molecule has 0 aromatic carbocycles. The van der Waals surface area contributed by atoms with Crippen molar-refractivity contribution < 1.29 is 0 Å². The molecule has 0 aromatic rings. The Hall–Kier alpha value is -0.0800. The van der Waals surface area contributed by atoms with Gasteiger partial charge >= 0.3 is 0 Å². The number of nitrogens with zero attached hydrogens (tertiary/aromatic N) is 2. The summed E-state index contributed by atoms with van der Waals surface area (Å²) in [6.07, 6.45) is 1.40. The molecule has 0 radical (unpaired) electrons. The van der Waals surface area contributed by atoms with E-state index in [1.807, 2.05) is 0 Å². The molecule has 2 heteroatoms. The number of hydrogen-bond acceptors (Lipinski definition) is 2. The van der Waals surface area contributed by atoms with Crippen LogP contribution in [0.15, 0.2) is 0 Å².